The van der Waals surface area contributed by atoms with Gasteiger partial charge in [0.1, 0.15) is 5.82 Å². The molecule has 0 radical (unpaired) electrons. The first-order valence-electron chi connectivity index (χ1n) is 8.90. The van der Waals surface area contributed by atoms with Crippen LogP contribution in [0, 0.1) is 13.8 Å². The van der Waals surface area contributed by atoms with Crippen molar-refractivity contribution >= 4 is 34.7 Å². The number of hydrogen-bond acceptors (Lipinski definition) is 4. The second-order valence-corrected chi connectivity index (χ2v) is 6.57. The zero-order chi connectivity index (χ0) is 20.1. The van der Waals surface area contributed by atoms with Gasteiger partial charge in [0, 0.05) is 30.2 Å². The largest absolute Gasteiger partial charge is 0.340 e. The average Bonchev–Trinajstić information content (AvgIpc) is 2.65. The van der Waals surface area contributed by atoms with Crippen molar-refractivity contribution in [1.29, 1.82) is 0 Å². The van der Waals surface area contributed by atoms with E-state index < -0.39 is 0 Å². The van der Waals surface area contributed by atoms with E-state index in [4.69, 9.17) is 0 Å². The standard InChI is InChI=1S/C22H22N4O2/c1-14-7-9-20(11-15(14)2)25-21-10-8-17(13-23-21)22(28)26-19-6-4-5-18(12-19)24-16(3)27/h4-13H,1-3H3,(H,23,25)(H,24,27)(H,26,28). The van der Waals surface area contributed by atoms with Crippen molar-refractivity contribution in [3.63, 3.8) is 0 Å². The average molecular weight is 374 g/mol. The van der Waals surface area contributed by atoms with Crippen molar-refractivity contribution in [1.82, 2.24) is 4.98 Å². The number of anilines is 4. The van der Waals surface area contributed by atoms with Gasteiger partial charge in [-0.2, -0.15) is 0 Å². The summed E-state index contributed by atoms with van der Waals surface area (Å²) in [6.07, 6.45) is 1.52. The Bertz CT molecular complexity index is 1010. The van der Waals surface area contributed by atoms with Gasteiger partial charge in [-0.05, 0) is 67.4 Å². The number of carbonyl (C=O) groups excluding carboxylic acids is 2. The molecule has 0 saturated heterocycles. The van der Waals surface area contributed by atoms with E-state index in [1.54, 1.807) is 36.4 Å². The molecule has 0 aliphatic rings. The van der Waals surface area contributed by atoms with E-state index in [2.05, 4.69) is 46.9 Å². The van der Waals surface area contributed by atoms with Crippen LogP contribution in [0.1, 0.15) is 28.4 Å². The summed E-state index contributed by atoms with van der Waals surface area (Å²) in [5.41, 5.74) is 5.03. The predicted octanol–water partition coefficient (Wildman–Crippen LogP) is 4.65. The fourth-order valence-electron chi connectivity index (χ4n) is 2.65. The number of carbonyl (C=O) groups is 2. The van der Waals surface area contributed by atoms with E-state index in [0.717, 1.165) is 5.69 Å². The summed E-state index contributed by atoms with van der Waals surface area (Å²) in [7, 11) is 0. The Morgan fingerprint density at radius 1 is 0.821 bits per heavy atom. The normalized spacial score (nSPS) is 10.2. The van der Waals surface area contributed by atoms with E-state index >= 15 is 0 Å². The van der Waals surface area contributed by atoms with Crippen LogP contribution in [0.2, 0.25) is 0 Å². The van der Waals surface area contributed by atoms with Gasteiger partial charge in [0.2, 0.25) is 5.91 Å². The molecule has 3 aromatic rings. The third-order valence-electron chi connectivity index (χ3n) is 4.25. The first kappa shape index (κ1) is 19.1. The van der Waals surface area contributed by atoms with Crippen molar-refractivity contribution in [2.45, 2.75) is 20.8 Å². The molecule has 3 rings (SSSR count). The Labute approximate surface area is 164 Å². The van der Waals surface area contributed by atoms with Crippen molar-refractivity contribution in [2.24, 2.45) is 0 Å². The summed E-state index contributed by atoms with van der Waals surface area (Å²) >= 11 is 0. The molecule has 6 nitrogen and oxygen atoms in total. The molecule has 0 fully saturated rings. The second kappa shape index (κ2) is 8.35. The number of amides is 2. The molecule has 1 aromatic heterocycles. The molecule has 28 heavy (non-hydrogen) atoms. The lowest BCUT2D eigenvalue weighted by atomic mass is 10.1. The molecule has 0 saturated carbocycles. The first-order chi connectivity index (χ1) is 13.4. The minimum atomic E-state index is -0.273. The van der Waals surface area contributed by atoms with E-state index in [0.29, 0.717) is 22.8 Å². The summed E-state index contributed by atoms with van der Waals surface area (Å²) in [4.78, 5) is 27.9. The van der Waals surface area contributed by atoms with Crippen LogP contribution >= 0.6 is 0 Å². The third kappa shape index (κ3) is 4.94. The molecule has 6 heteroatoms. The topological polar surface area (TPSA) is 83.1 Å². The van der Waals surface area contributed by atoms with Gasteiger partial charge in [0.15, 0.2) is 0 Å². The number of rotatable bonds is 5. The predicted molar refractivity (Wildman–Crippen MR) is 112 cm³/mol. The highest BCUT2D eigenvalue weighted by Gasteiger charge is 2.08. The highest BCUT2D eigenvalue weighted by molar-refractivity contribution is 6.04. The van der Waals surface area contributed by atoms with Crippen molar-refractivity contribution in [3.05, 3.63) is 77.5 Å². The van der Waals surface area contributed by atoms with Gasteiger partial charge >= 0.3 is 0 Å². The van der Waals surface area contributed by atoms with Crippen LogP contribution in [-0.2, 0) is 4.79 Å². The Morgan fingerprint density at radius 3 is 2.21 bits per heavy atom. The summed E-state index contributed by atoms with van der Waals surface area (Å²) in [5, 5.41) is 8.72. The highest BCUT2D eigenvalue weighted by Crippen LogP contribution is 2.19. The fourth-order valence-corrected chi connectivity index (χ4v) is 2.65. The summed E-state index contributed by atoms with van der Waals surface area (Å²) in [6, 6.07) is 16.5. The molecule has 0 bridgehead atoms. The van der Waals surface area contributed by atoms with Crippen LogP contribution in [-0.4, -0.2) is 16.8 Å². The van der Waals surface area contributed by atoms with Gasteiger partial charge < -0.3 is 16.0 Å². The SMILES string of the molecule is CC(=O)Nc1cccc(NC(=O)c2ccc(Nc3ccc(C)c(C)c3)nc2)c1. The highest BCUT2D eigenvalue weighted by atomic mass is 16.2. The zero-order valence-corrected chi connectivity index (χ0v) is 16.0. The molecular formula is C22H22N4O2. The Balaban J connectivity index is 1.66. The van der Waals surface area contributed by atoms with Gasteiger partial charge in [-0.25, -0.2) is 4.98 Å². The maximum atomic E-state index is 12.4. The molecule has 0 spiro atoms. The van der Waals surface area contributed by atoms with Gasteiger partial charge in [-0.3, -0.25) is 9.59 Å². The van der Waals surface area contributed by atoms with Crippen LogP contribution < -0.4 is 16.0 Å². The molecule has 2 amide bonds. The molecule has 2 aromatic carbocycles. The number of aromatic nitrogens is 1. The van der Waals surface area contributed by atoms with Crippen molar-refractivity contribution in [3.8, 4) is 0 Å². The van der Waals surface area contributed by atoms with Crippen LogP contribution in [0.3, 0.4) is 0 Å². The number of benzene rings is 2. The van der Waals surface area contributed by atoms with E-state index in [-0.39, 0.29) is 11.8 Å². The molecule has 142 valence electrons. The van der Waals surface area contributed by atoms with Gasteiger partial charge in [-0.15, -0.1) is 0 Å². The summed E-state index contributed by atoms with van der Waals surface area (Å²) in [5.74, 6) is 0.220. The fraction of sp³-hybridized carbons (Fsp3) is 0.136. The van der Waals surface area contributed by atoms with Crippen LogP contribution in [0.25, 0.3) is 0 Å². The number of nitrogens with one attached hydrogen (secondary N) is 3. The van der Waals surface area contributed by atoms with Gasteiger partial charge in [0.25, 0.3) is 5.91 Å². The lowest BCUT2D eigenvalue weighted by Crippen LogP contribution is -2.13. The lowest BCUT2D eigenvalue weighted by molar-refractivity contribution is -0.114. The van der Waals surface area contributed by atoms with Crippen molar-refractivity contribution in [2.75, 3.05) is 16.0 Å². The minimum Gasteiger partial charge on any atom is -0.340 e. The minimum absolute atomic E-state index is 0.167. The molecular weight excluding hydrogens is 352 g/mol. The quantitative estimate of drug-likeness (QED) is 0.607. The monoisotopic (exact) mass is 374 g/mol. The Kier molecular flexibility index (Phi) is 5.69. The summed E-state index contributed by atoms with van der Waals surface area (Å²) in [6.45, 7) is 5.56. The molecule has 0 atom stereocenters. The van der Waals surface area contributed by atoms with Crippen LogP contribution in [0.4, 0.5) is 22.9 Å². The maximum absolute atomic E-state index is 12.4. The second-order valence-electron chi connectivity index (χ2n) is 6.57. The molecule has 3 N–H and O–H groups in total. The molecule has 0 aliphatic heterocycles. The van der Waals surface area contributed by atoms with E-state index in [9.17, 15) is 9.59 Å². The number of nitrogens with zero attached hydrogens (tertiary/aromatic N) is 1. The lowest BCUT2D eigenvalue weighted by Gasteiger charge is -2.10. The molecule has 1 heterocycles. The summed E-state index contributed by atoms with van der Waals surface area (Å²) < 4.78 is 0. The maximum Gasteiger partial charge on any atom is 0.257 e. The van der Waals surface area contributed by atoms with Gasteiger partial charge in [0.05, 0.1) is 5.56 Å². The Morgan fingerprint density at radius 2 is 1.57 bits per heavy atom. The van der Waals surface area contributed by atoms with Gasteiger partial charge in [-0.1, -0.05) is 12.1 Å². The number of hydrogen-bond donors (Lipinski definition) is 3. The third-order valence-corrected chi connectivity index (χ3v) is 4.25. The zero-order valence-electron chi connectivity index (χ0n) is 16.0. The Hall–Kier alpha value is -3.67. The smallest absolute Gasteiger partial charge is 0.257 e. The number of pyridine rings is 1. The van der Waals surface area contributed by atoms with E-state index in [1.165, 1.54) is 24.2 Å². The van der Waals surface area contributed by atoms with Crippen molar-refractivity contribution < 1.29 is 9.59 Å². The van der Waals surface area contributed by atoms with Crippen LogP contribution in [0.5, 0.6) is 0 Å². The molecule has 0 unspecified atom stereocenters. The number of aryl methyl sites for hydroxylation is 2. The van der Waals surface area contributed by atoms with Crippen LogP contribution in [0.15, 0.2) is 60.8 Å². The first-order valence-corrected chi connectivity index (χ1v) is 8.90. The van der Waals surface area contributed by atoms with E-state index in [1.807, 2.05) is 6.07 Å². The molecule has 0 aliphatic carbocycles.